The number of carbonyl (C=O) groups is 1. The van der Waals surface area contributed by atoms with Gasteiger partial charge in [0.25, 0.3) is 5.56 Å². The van der Waals surface area contributed by atoms with Crippen LogP contribution in [-0.2, 0) is 20.8 Å². The van der Waals surface area contributed by atoms with Gasteiger partial charge >= 0.3 is 0 Å². The second-order valence-corrected chi connectivity index (χ2v) is 8.13. The molecule has 0 aliphatic carbocycles. The molecule has 0 spiro atoms. The van der Waals surface area contributed by atoms with Crippen molar-refractivity contribution in [1.29, 1.82) is 0 Å². The average molecular weight is 471 g/mol. The highest BCUT2D eigenvalue weighted by molar-refractivity contribution is 5.83. The molecule has 1 amide bonds. The van der Waals surface area contributed by atoms with Crippen molar-refractivity contribution in [2.45, 2.75) is 33.7 Å². The number of nitrogens with zero attached hydrogens (tertiary/aromatic N) is 5. The Bertz CT molecular complexity index is 1200. The molecular formula is C23H30N6O5. The lowest BCUT2D eigenvalue weighted by molar-refractivity contribution is -0.133. The van der Waals surface area contributed by atoms with Crippen LogP contribution in [0, 0.1) is 13.8 Å². The van der Waals surface area contributed by atoms with Gasteiger partial charge in [-0.05, 0) is 26.3 Å². The lowest BCUT2D eigenvalue weighted by atomic mass is 10.1. The zero-order chi connectivity index (χ0) is 24.1. The maximum atomic E-state index is 13.4. The van der Waals surface area contributed by atoms with Crippen LogP contribution in [-0.4, -0.2) is 76.6 Å². The Labute approximate surface area is 197 Å². The fourth-order valence-electron chi connectivity index (χ4n) is 3.95. The van der Waals surface area contributed by atoms with Crippen LogP contribution >= 0.6 is 0 Å². The molecule has 11 heteroatoms. The van der Waals surface area contributed by atoms with Gasteiger partial charge in [-0.1, -0.05) is 12.1 Å². The van der Waals surface area contributed by atoms with Crippen molar-refractivity contribution in [1.82, 2.24) is 24.6 Å². The van der Waals surface area contributed by atoms with Crippen molar-refractivity contribution >= 4 is 22.8 Å². The van der Waals surface area contributed by atoms with Crippen LogP contribution in [0.2, 0.25) is 0 Å². The third-order valence-electron chi connectivity index (χ3n) is 5.70. The third-order valence-corrected chi connectivity index (χ3v) is 5.70. The molecule has 4 rings (SSSR count). The van der Waals surface area contributed by atoms with E-state index in [4.69, 9.17) is 14.0 Å². The first-order chi connectivity index (χ1) is 16.5. The van der Waals surface area contributed by atoms with E-state index in [1.165, 1.54) is 0 Å². The van der Waals surface area contributed by atoms with Crippen molar-refractivity contribution in [2.24, 2.45) is 0 Å². The Hall–Kier alpha value is -3.31. The number of aromatic nitrogens is 4. The van der Waals surface area contributed by atoms with Crippen LogP contribution in [0.15, 0.2) is 21.6 Å². The zero-order valence-electron chi connectivity index (χ0n) is 19.8. The second kappa shape index (κ2) is 10.7. The fraction of sp³-hybridized carbons (Fsp3) is 0.522. The summed E-state index contributed by atoms with van der Waals surface area (Å²) in [7, 11) is 0. The normalized spacial score (nSPS) is 14.0. The number of fused-ring (bicyclic) bond motifs is 1. The van der Waals surface area contributed by atoms with Crippen molar-refractivity contribution < 1.29 is 18.8 Å². The summed E-state index contributed by atoms with van der Waals surface area (Å²) >= 11 is 0. The first kappa shape index (κ1) is 23.8. The summed E-state index contributed by atoms with van der Waals surface area (Å²) in [4.78, 5) is 36.6. The van der Waals surface area contributed by atoms with Crippen molar-refractivity contribution in [3.05, 3.63) is 34.1 Å². The van der Waals surface area contributed by atoms with Crippen LogP contribution < -0.4 is 10.9 Å². The molecule has 0 bridgehead atoms. The highest BCUT2D eigenvalue weighted by Gasteiger charge is 2.19. The molecule has 34 heavy (non-hydrogen) atoms. The van der Waals surface area contributed by atoms with Crippen molar-refractivity contribution in [3.63, 3.8) is 0 Å². The monoisotopic (exact) mass is 470 g/mol. The number of anilines is 1. The number of aryl methyl sites for hydroxylation is 2. The topological polar surface area (TPSA) is 125 Å². The molecule has 1 fully saturated rings. The Morgan fingerprint density at radius 3 is 2.74 bits per heavy atom. The Balaban J connectivity index is 1.66. The standard InChI is InChI=1S/C23H30N6O5/c1-4-8-32-11-7-29-19-12-17(21-15(2)27-34-16(21)3)24-13-18(19)26-22(23(29)31)25-14-20(30)28-5-9-33-10-6-28/h12-13H,4-11,14H2,1-3H3,(H,25,26). The van der Waals surface area contributed by atoms with Gasteiger partial charge in [0.05, 0.1) is 55.0 Å². The van der Waals surface area contributed by atoms with E-state index in [1.54, 1.807) is 15.7 Å². The van der Waals surface area contributed by atoms with E-state index in [0.717, 1.165) is 17.7 Å². The lowest BCUT2D eigenvalue weighted by Crippen LogP contribution is -2.43. The molecule has 182 valence electrons. The second-order valence-electron chi connectivity index (χ2n) is 8.13. The number of pyridine rings is 1. The number of hydrogen-bond acceptors (Lipinski definition) is 9. The molecule has 0 radical (unpaired) electrons. The summed E-state index contributed by atoms with van der Waals surface area (Å²) in [6.45, 7) is 9.13. The molecular weight excluding hydrogens is 440 g/mol. The van der Waals surface area contributed by atoms with Gasteiger partial charge in [0.15, 0.2) is 5.82 Å². The molecule has 1 saturated heterocycles. The van der Waals surface area contributed by atoms with Gasteiger partial charge in [0.2, 0.25) is 5.91 Å². The zero-order valence-corrected chi connectivity index (χ0v) is 19.8. The molecule has 0 saturated carbocycles. The summed E-state index contributed by atoms with van der Waals surface area (Å²) in [6.07, 6.45) is 2.51. The van der Waals surface area contributed by atoms with E-state index in [1.807, 2.05) is 26.8 Å². The van der Waals surface area contributed by atoms with Gasteiger partial charge in [-0.15, -0.1) is 0 Å². The van der Waals surface area contributed by atoms with E-state index >= 15 is 0 Å². The smallest absolute Gasteiger partial charge is 0.293 e. The largest absolute Gasteiger partial charge is 0.380 e. The van der Waals surface area contributed by atoms with Gasteiger partial charge in [0.1, 0.15) is 11.3 Å². The quantitative estimate of drug-likeness (QED) is 0.466. The van der Waals surface area contributed by atoms with Crippen LogP contribution in [0.3, 0.4) is 0 Å². The third kappa shape index (κ3) is 5.10. The van der Waals surface area contributed by atoms with E-state index in [0.29, 0.717) is 68.5 Å². The first-order valence-electron chi connectivity index (χ1n) is 11.5. The number of nitrogens with one attached hydrogen (secondary N) is 1. The van der Waals surface area contributed by atoms with Crippen LogP contribution in [0.1, 0.15) is 24.8 Å². The Morgan fingerprint density at radius 1 is 1.24 bits per heavy atom. The van der Waals surface area contributed by atoms with Crippen molar-refractivity contribution in [2.75, 3.05) is 51.4 Å². The van der Waals surface area contributed by atoms with Gasteiger partial charge in [0, 0.05) is 26.2 Å². The number of hydrogen-bond donors (Lipinski definition) is 1. The van der Waals surface area contributed by atoms with Gasteiger partial charge in [-0.3, -0.25) is 14.6 Å². The predicted molar refractivity (Wildman–Crippen MR) is 126 cm³/mol. The molecule has 4 heterocycles. The minimum Gasteiger partial charge on any atom is -0.380 e. The molecule has 11 nitrogen and oxygen atoms in total. The maximum Gasteiger partial charge on any atom is 0.293 e. The maximum absolute atomic E-state index is 13.4. The van der Waals surface area contributed by atoms with Crippen molar-refractivity contribution in [3.8, 4) is 11.3 Å². The minimum absolute atomic E-state index is 0.0231. The van der Waals surface area contributed by atoms with E-state index in [-0.39, 0.29) is 23.8 Å². The first-order valence-corrected chi connectivity index (χ1v) is 11.5. The molecule has 0 unspecified atom stereocenters. The van der Waals surface area contributed by atoms with E-state index in [9.17, 15) is 9.59 Å². The van der Waals surface area contributed by atoms with Crippen LogP contribution in [0.4, 0.5) is 5.82 Å². The summed E-state index contributed by atoms with van der Waals surface area (Å²) in [5, 5.41) is 6.94. The highest BCUT2D eigenvalue weighted by atomic mass is 16.5. The van der Waals surface area contributed by atoms with E-state index < -0.39 is 0 Å². The number of carbonyl (C=O) groups excluding carboxylic acids is 1. The SMILES string of the molecule is CCCOCCn1c(=O)c(NCC(=O)N2CCOCC2)nc2cnc(-c3c(C)noc3C)cc21. The molecule has 0 atom stereocenters. The van der Waals surface area contributed by atoms with Crippen LogP contribution in [0.5, 0.6) is 0 Å². The summed E-state index contributed by atoms with van der Waals surface area (Å²) < 4.78 is 17.8. The fourth-order valence-corrected chi connectivity index (χ4v) is 3.95. The molecule has 0 aromatic carbocycles. The molecule has 1 aliphatic rings. The average Bonchev–Trinajstić information content (AvgIpc) is 3.19. The minimum atomic E-state index is -0.321. The summed E-state index contributed by atoms with van der Waals surface area (Å²) in [5.41, 5.74) is 3.00. The molecule has 1 aliphatic heterocycles. The van der Waals surface area contributed by atoms with Gasteiger partial charge < -0.3 is 28.8 Å². The predicted octanol–water partition coefficient (Wildman–Crippen LogP) is 1.76. The number of rotatable bonds is 9. The van der Waals surface area contributed by atoms with E-state index in [2.05, 4.69) is 20.4 Å². The highest BCUT2D eigenvalue weighted by Crippen LogP contribution is 2.27. The van der Waals surface area contributed by atoms with Gasteiger partial charge in [-0.2, -0.15) is 0 Å². The Kier molecular flexibility index (Phi) is 7.53. The van der Waals surface area contributed by atoms with Gasteiger partial charge in [-0.25, -0.2) is 4.98 Å². The molecule has 3 aromatic rings. The number of amides is 1. The lowest BCUT2D eigenvalue weighted by Gasteiger charge is -2.27. The Morgan fingerprint density at radius 2 is 2.03 bits per heavy atom. The number of ether oxygens (including phenoxy) is 2. The van der Waals surface area contributed by atoms with Crippen LogP contribution in [0.25, 0.3) is 22.3 Å². The molecule has 1 N–H and O–H groups in total. The summed E-state index contributed by atoms with van der Waals surface area (Å²) in [6, 6.07) is 1.82. The summed E-state index contributed by atoms with van der Waals surface area (Å²) in [5.74, 6) is 0.656. The molecule has 3 aromatic heterocycles. The number of morpholine rings is 1.